The van der Waals surface area contributed by atoms with Crippen molar-refractivity contribution in [2.24, 2.45) is 0 Å². The number of aryl methyl sites for hydroxylation is 1. The number of benzene rings is 2. The minimum absolute atomic E-state index is 0.355. The number of likely N-dealkylation sites (tertiary alicyclic amines) is 1. The van der Waals surface area contributed by atoms with E-state index in [9.17, 15) is 4.79 Å². The molecule has 1 aliphatic heterocycles. The lowest BCUT2D eigenvalue weighted by atomic mass is 9.93. The summed E-state index contributed by atoms with van der Waals surface area (Å²) in [5, 5.41) is 0.948. The summed E-state index contributed by atoms with van der Waals surface area (Å²) in [5.74, 6) is 1.62. The minimum atomic E-state index is -0.355. The van der Waals surface area contributed by atoms with Crippen LogP contribution in [0.25, 0.3) is 21.3 Å². The number of piperidine rings is 1. The number of para-hydroxylation sites is 1. The molecule has 230 valence electrons. The Bertz CT molecular complexity index is 1920. The van der Waals surface area contributed by atoms with E-state index in [1.807, 2.05) is 55.0 Å². The number of fused-ring (bicyclic) bond motifs is 2. The number of imidazole rings is 2. The molecular formula is C34H35N7O3S. The molecule has 0 bridgehead atoms. The fourth-order valence-electron chi connectivity index (χ4n) is 6.08. The maximum absolute atomic E-state index is 12.3. The number of nitrogens with zero attached hydrogens (tertiary/aromatic N) is 7. The normalized spacial score (nSPS) is 14.4. The minimum Gasteiger partial charge on any atom is -0.470 e. The molecule has 0 radical (unpaired) electrons. The number of aromatic nitrogens is 6. The van der Waals surface area contributed by atoms with Crippen LogP contribution in [0, 0.1) is 0 Å². The molecule has 5 heterocycles. The monoisotopic (exact) mass is 621 g/mol. The smallest absolute Gasteiger partial charge is 0.337 e. The van der Waals surface area contributed by atoms with Gasteiger partial charge in [0.1, 0.15) is 17.4 Å². The third-order valence-corrected chi connectivity index (χ3v) is 9.52. The number of hydrogen-bond donors (Lipinski definition) is 0. The Morgan fingerprint density at radius 3 is 2.67 bits per heavy atom. The summed E-state index contributed by atoms with van der Waals surface area (Å²) in [6.45, 7) is 6.56. The zero-order valence-corrected chi connectivity index (χ0v) is 26.2. The second-order valence-electron chi connectivity index (χ2n) is 11.3. The summed E-state index contributed by atoms with van der Waals surface area (Å²) in [5.41, 5.74) is 5.47. The molecule has 0 N–H and O–H groups in total. The van der Waals surface area contributed by atoms with Crippen LogP contribution >= 0.6 is 11.3 Å². The van der Waals surface area contributed by atoms with Crippen molar-refractivity contribution in [3.8, 4) is 5.88 Å². The number of methoxy groups -OCH3 is 1. The Morgan fingerprint density at radius 2 is 1.84 bits per heavy atom. The molecule has 11 heteroatoms. The average molecular weight is 622 g/mol. The topological polar surface area (TPSA) is 100 Å². The van der Waals surface area contributed by atoms with Crippen molar-refractivity contribution in [3.63, 3.8) is 0 Å². The first-order valence-electron chi connectivity index (χ1n) is 15.3. The molecule has 4 aromatic heterocycles. The molecule has 7 rings (SSSR count). The molecule has 0 amide bonds. The second-order valence-corrected chi connectivity index (χ2v) is 12.4. The zero-order chi connectivity index (χ0) is 30.8. The maximum Gasteiger partial charge on any atom is 0.337 e. The van der Waals surface area contributed by atoms with Crippen molar-refractivity contribution >= 4 is 38.6 Å². The third-order valence-electron chi connectivity index (χ3n) is 8.51. The molecule has 2 aromatic carbocycles. The molecular weight excluding hydrogens is 586 g/mol. The number of rotatable bonds is 10. The SMILES string of the molecule is CCn1cncc1Cn1c(CN2CCC(c3cccc(OCc4nc5ccccc5s4)n3)CC2)nc2ccc(C(=O)OC)cc21. The number of ether oxygens (including phenoxy) is 2. The number of esters is 1. The Kier molecular flexibility index (Phi) is 8.27. The van der Waals surface area contributed by atoms with E-state index in [2.05, 4.69) is 43.1 Å². The van der Waals surface area contributed by atoms with Gasteiger partial charge in [-0.15, -0.1) is 11.3 Å². The number of carbonyl (C=O) groups excluding carboxylic acids is 1. The van der Waals surface area contributed by atoms with Gasteiger partial charge in [0.25, 0.3) is 0 Å². The highest BCUT2D eigenvalue weighted by Gasteiger charge is 2.24. The molecule has 10 nitrogen and oxygen atoms in total. The molecule has 45 heavy (non-hydrogen) atoms. The molecule has 0 aliphatic carbocycles. The highest BCUT2D eigenvalue weighted by Crippen LogP contribution is 2.30. The predicted molar refractivity (Wildman–Crippen MR) is 174 cm³/mol. The Hall–Kier alpha value is -4.61. The van der Waals surface area contributed by atoms with Gasteiger partial charge in [-0.3, -0.25) is 4.90 Å². The quantitative estimate of drug-likeness (QED) is 0.171. The van der Waals surface area contributed by atoms with Crippen molar-refractivity contribution in [3.05, 3.63) is 101 Å². The highest BCUT2D eigenvalue weighted by atomic mass is 32.1. The first-order chi connectivity index (χ1) is 22.1. The standard InChI is InChI=1S/C34H35N7O3S/c1-3-40-22-35-18-25(40)19-41-29-17-24(34(42)43-2)11-12-27(29)36-31(41)20-39-15-13-23(14-16-39)26-8-6-10-32(37-26)44-21-33-38-28-7-4-5-9-30(28)45-33/h4-12,17-18,22-23H,3,13-16,19-21H2,1-2H3. The van der Waals surface area contributed by atoms with Crippen LogP contribution in [0.2, 0.25) is 0 Å². The van der Waals surface area contributed by atoms with Crippen molar-refractivity contribution in [2.75, 3.05) is 20.2 Å². The zero-order valence-electron chi connectivity index (χ0n) is 25.4. The maximum atomic E-state index is 12.3. The van der Waals surface area contributed by atoms with Crippen LogP contribution in [0.3, 0.4) is 0 Å². The van der Waals surface area contributed by atoms with E-state index in [-0.39, 0.29) is 5.97 Å². The molecule has 1 saturated heterocycles. The molecule has 1 aliphatic rings. The fraction of sp³-hybridized carbons (Fsp3) is 0.324. The number of pyridine rings is 1. The van der Waals surface area contributed by atoms with Crippen LogP contribution in [0.4, 0.5) is 0 Å². The summed E-state index contributed by atoms with van der Waals surface area (Å²) in [6.07, 6.45) is 5.76. The highest BCUT2D eigenvalue weighted by molar-refractivity contribution is 7.18. The third kappa shape index (κ3) is 6.18. The van der Waals surface area contributed by atoms with E-state index in [0.717, 1.165) is 71.2 Å². The van der Waals surface area contributed by atoms with Gasteiger partial charge < -0.3 is 18.6 Å². The Morgan fingerprint density at radius 1 is 0.978 bits per heavy atom. The van der Waals surface area contributed by atoms with Crippen molar-refractivity contribution in [1.29, 1.82) is 0 Å². The summed E-state index contributed by atoms with van der Waals surface area (Å²) in [7, 11) is 1.40. The molecule has 6 aromatic rings. The van der Waals surface area contributed by atoms with Gasteiger partial charge >= 0.3 is 5.97 Å². The van der Waals surface area contributed by atoms with Crippen LogP contribution in [-0.4, -0.2) is 60.1 Å². The lowest BCUT2D eigenvalue weighted by Crippen LogP contribution is -2.33. The average Bonchev–Trinajstić information content (AvgIpc) is 3.80. The summed E-state index contributed by atoms with van der Waals surface area (Å²) in [6, 6.07) is 19.8. The van der Waals surface area contributed by atoms with Gasteiger partial charge in [-0.05, 0) is 69.3 Å². The largest absolute Gasteiger partial charge is 0.470 e. The van der Waals surface area contributed by atoms with E-state index in [1.54, 1.807) is 17.4 Å². The van der Waals surface area contributed by atoms with Gasteiger partial charge in [0.05, 0.1) is 59.0 Å². The van der Waals surface area contributed by atoms with E-state index in [0.29, 0.717) is 37.1 Å². The Balaban J connectivity index is 1.04. The van der Waals surface area contributed by atoms with Crippen LogP contribution in [0.1, 0.15) is 58.3 Å². The van der Waals surface area contributed by atoms with E-state index in [4.69, 9.17) is 19.4 Å². The molecule has 0 unspecified atom stereocenters. The predicted octanol–water partition coefficient (Wildman–Crippen LogP) is 6.05. The second kappa shape index (κ2) is 12.8. The fourth-order valence-corrected chi connectivity index (χ4v) is 6.96. The van der Waals surface area contributed by atoms with Crippen molar-refractivity contribution in [1.82, 2.24) is 34.0 Å². The lowest BCUT2D eigenvalue weighted by Gasteiger charge is -2.31. The van der Waals surface area contributed by atoms with Gasteiger partial charge in [-0.1, -0.05) is 18.2 Å². The molecule has 1 fully saturated rings. The summed E-state index contributed by atoms with van der Waals surface area (Å²) >= 11 is 1.66. The van der Waals surface area contributed by atoms with E-state index < -0.39 is 0 Å². The summed E-state index contributed by atoms with van der Waals surface area (Å²) < 4.78 is 16.6. The number of carbonyl (C=O) groups is 1. The van der Waals surface area contributed by atoms with Crippen LogP contribution in [0.5, 0.6) is 5.88 Å². The molecule has 0 spiro atoms. The molecule has 0 saturated carbocycles. The van der Waals surface area contributed by atoms with Gasteiger partial charge in [0, 0.05) is 30.4 Å². The van der Waals surface area contributed by atoms with Crippen LogP contribution < -0.4 is 4.74 Å². The van der Waals surface area contributed by atoms with Gasteiger partial charge in [0.15, 0.2) is 0 Å². The Labute approximate surface area is 265 Å². The number of thiazole rings is 1. The van der Waals surface area contributed by atoms with E-state index in [1.165, 1.54) is 11.8 Å². The summed E-state index contributed by atoms with van der Waals surface area (Å²) in [4.78, 5) is 33.7. The van der Waals surface area contributed by atoms with Gasteiger partial charge in [-0.25, -0.2) is 24.7 Å². The lowest BCUT2D eigenvalue weighted by molar-refractivity contribution is 0.0601. The van der Waals surface area contributed by atoms with Crippen LogP contribution in [0.15, 0.2) is 73.2 Å². The van der Waals surface area contributed by atoms with Crippen LogP contribution in [-0.2, 0) is 31.0 Å². The first-order valence-corrected chi connectivity index (χ1v) is 16.1. The van der Waals surface area contributed by atoms with Gasteiger partial charge in [-0.2, -0.15) is 0 Å². The van der Waals surface area contributed by atoms with Gasteiger partial charge in [0.2, 0.25) is 5.88 Å². The van der Waals surface area contributed by atoms with Crippen molar-refractivity contribution < 1.29 is 14.3 Å². The van der Waals surface area contributed by atoms with E-state index >= 15 is 0 Å². The first kappa shape index (κ1) is 29.1. The number of hydrogen-bond acceptors (Lipinski definition) is 9. The van der Waals surface area contributed by atoms with Crippen molar-refractivity contribution in [2.45, 2.75) is 51.9 Å². The molecule has 0 atom stereocenters.